The van der Waals surface area contributed by atoms with E-state index in [9.17, 15) is 14.9 Å². The van der Waals surface area contributed by atoms with E-state index in [-0.39, 0.29) is 17.2 Å². The second-order valence-corrected chi connectivity index (χ2v) is 4.85. The maximum absolute atomic E-state index is 12.5. The van der Waals surface area contributed by atoms with Crippen LogP contribution in [0.5, 0.6) is 0 Å². The van der Waals surface area contributed by atoms with Gasteiger partial charge in [0.15, 0.2) is 0 Å². The van der Waals surface area contributed by atoms with E-state index in [2.05, 4.69) is 4.98 Å². The van der Waals surface area contributed by atoms with E-state index in [0.717, 1.165) is 11.1 Å². The highest BCUT2D eigenvalue weighted by Gasteiger charge is 2.28. The lowest BCUT2D eigenvalue weighted by Crippen LogP contribution is -2.12. The number of benzene rings is 2. The summed E-state index contributed by atoms with van der Waals surface area (Å²) in [5.74, 6) is -0.191. The lowest BCUT2D eigenvalue weighted by Gasteiger charge is -2.18. The number of hydrogen-bond acceptors (Lipinski definition) is 4. The Morgan fingerprint density at radius 3 is 2.48 bits per heavy atom. The van der Waals surface area contributed by atoms with Crippen molar-refractivity contribution in [2.45, 2.75) is 0 Å². The molecule has 1 aliphatic rings. The second-order valence-electron chi connectivity index (χ2n) is 4.85. The summed E-state index contributed by atoms with van der Waals surface area (Å²) in [5.41, 5.74) is 2.46. The van der Waals surface area contributed by atoms with Crippen LogP contribution < -0.4 is 0 Å². The van der Waals surface area contributed by atoms with Crippen LogP contribution in [0.15, 0.2) is 48.7 Å². The zero-order chi connectivity index (χ0) is 14.6. The number of aromatic nitrogens is 1. The van der Waals surface area contributed by atoms with Crippen molar-refractivity contribution < 1.29 is 9.72 Å². The number of hydrogen-bond donors (Lipinski definition) is 0. The molecule has 4 rings (SSSR count). The van der Waals surface area contributed by atoms with Crippen molar-refractivity contribution in [3.8, 4) is 11.1 Å². The number of fused-ring (bicyclic) bond motifs is 2. The molecular weight excluding hydrogens is 268 g/mol. The molecule has 21 heavy (non-hydrogen) atoms. The molecule has 0 fully saturated rings. The average molecular weight is 276 g/mol. The van der Waals surface area contributed by atoms with Gasteiger partial charge in [0.1, 0.15) is 5.69 Å². The summed E-state index contributed by atoms with van der Waals surface area (Å²) in [4.78, 5) is 27.4. The van der Waals surface area contributed by atoms with E-state index in [1.54, 1.807) is 24.3 Å². The van der Waals surface area contributed by atoms with Crippen LogP contribution in [0.3, 0.4) is 0 Å². The van der Waals surface area contributed by atoms with Crippen molar-refractivity contribution in [1.29, 1.82) is 0 Å². The predicted octanol–water partition coefficient (Wildman–Crippen LogP) is 3.35. The first-order valence-corrected chi connectivity index (χ1v) is 6.38. The fourth-order valence-electron chi connectivity index (χ4n) is 2.88. The largest absolute Gasteiger partial charge is 0.287 e. The van der Waals surface area contributed by atoms with E-state index >= 15 is 0 Å². The normalized spacial score (nSPS) is 12.3. The quantitative estimate of drug-likeness (QED) is 0.394. The molecule has 0 amide bonds. The maximum atomic E-state index is 12.5. The maximum Gasteiger partial charge on any atom is 0.277 e. The van der Waals surface area contributed by atoms with Gasteiger partial charge in [0.2, 0.25) is 5.78 Å². The number of rotatable bonds is 1. The van der Waals surface area contributed by atoms with Crippen molar-refractivity contribution in [2.24, 2.45) is 0 Å². The molecular formula is C16H8N2O3. The molecule has 0 bridgehead atoms. The summed E-state index contributed by atoms with van der Waals surface area (Å²) in [7, 11) is 0. The van der Waals surface area contributed by atoms with E-state index in [1.165, 1.54) is 12.3 Å². The van der Waals surface area contributed by atoms with Crippen LogP contribution in [0.2, 0.25) is 0 Å². The summed E-state index contributed by atoms with van der Waals surface area (Å²) in [6, 6.07) is 12.0. The van der Waals surface area contributed by atoms with Gasteiger partial charge in [-0.1, -0.05) is 24.3 Å². The third-order valence-corrected chi connectivity index (χ3v) is 3.78. The Balaban J connectivity index is 2.23. The molecule has 100 valence electrons. The first-order valence-electron chi connectivity index (χ1n) is 6.38. The second kappa shape index (κ2) is 3.96. The molecule has 0 saturated heterocycles. The fourth-order valence-corrected chi connectivity index (χ4v) is 2.88. The molecule has 0 atom stereocenters. The number of nitro groups is 1. The van der Waals surface area contributed by atoms with Gasteiger partial charge in [0.05, 0.1) is 10.3 Å². The standard InChI is InChI=1S/C16H8N2O3/c19-16-11-4-2-1-3-9(11)10-5-6-13(18(20)21)12-7-8-17-15(16)14(10)12/h1-8H. The highest BCUT2D eigenvalue weighted by molar-refractivity contribution is 6.25. The predicted molar refractivity (Wildman–Crippen MR) is 77.3 cm³/mol. The molecule has 3 aromatic rings. The first kappa shape index (κ1) is 11.7. The van der Waals surface area contributed by atoms with Crippen LogP contribution in [-0.4, -0.2) is 15.7 Å². The molecule has 1 heterocycles. The Kier molecular flexibility index (Phi) is 2.21. The van der Waals surface area contributed by atoms with Crippen molar-refractivity contribution in [1.82, 2.24) is 4.98 Å². The molecule has 0 spiro atoms. The SMILES string of the molecule is O=C1c2ccccc2-c2ccc([N+](=O)[O-])c3ccnc1c23. The highest BCUT2D eigenvalue weighted by atomic mass is 16.6. The molecule has 0 aliphatic heterocycles. The minimum absolute atomic E-state index is 0.00965. The first-order chi connectivity index (χ1) is 10.2. The highest BCUT2D eigenvalue weighted by Crippen LogP contribution is 2.41. The van der Waals surface area contributed by atoms with Crippen LogP contribution >= 0.6 is 0 Å². The van der Waals surface area contributed by atoms with E-state index in [4.69, 9.17) is 0 Å². The Morgan fingerprint density at radius 1 is 0.952 bits per heavy atom. The summed E-state index contributed by atoms with van der Waals surface area (Å²) in [5, 5.41) is 12.2. The summed E-state index contributed by atoms with van der Waals surface area (Å²) < 4.78 is 0. The van der Waals surface area contributed by atoms with Crippen molar-refractivity contribution in [3.63, 3.8) is 0 Å². The number of non-ortho nitro benzene ring substituents is 1. The number of pyridine rings is 1. The number of ketones is 1. The lowest BCUT2D eigenvalue weighted by molar-refractivity contribution is -0.383. The van der Waals surface area contributed by atoms with Gasteiger partial charge in [-0.25, -0.2) is 0 Å². The molecule has 1 aromatic heterocycles. The van der Waals surface area contributed by atoms with Gasteiger partial charge in [-0.3, -0.25) is 19.9 Å². The summed E-state index contributed by atoms with van der Waals surface area (Å²) in [6.45, 7) is 0. The number of nitro benzene ring substituents is 1. The Hall–Kier alpha value is -3.08. The minimum atomic E-state index is -0.437. The molecule has 5 nitrogen and oxygen atoms in total. The van der Waals surface area contributed by atoms with Crippen molar-refractivity contribution in [2.75, 3.05) is 0 Å². The Bertz CT molecular complexity index is 947. The molecule has 2 aromatic carbocycles. The number of nitrogens with zero attached hydrogens (tertiary/aromatic N) is 2. The molecule has 0 unspecified atom stereocenters. The number of carbonyl (C=O) groups excluding carboxylic acids is 1. The minimum Gasteiger partial charge on any atom is -0.287 e. The van der Waals surface area contributed by atoms with Crippen LogP contribution in [0.1, 0.15) is 16.1 Å². The van der Waals surface area contributed by atoms with E-state index < -0.39 is 4.92 Å². The summed E-state index contributed by atoms with van der Waals surface area (Å²) >= 11 is 0. The van der Waals surface area contributed by atoms with Crippen LogP contribution in [0.25, 0.3) is 21.9 Å². The van der Waals surface area contributed by atoms with Crippen LogP contribution in [0.4, 0.5) is 5.69 Å². The third kappa shape index (κ3) is 1.45. The van der Waals surface area contributed by atoms with Crippen molar-refractivity contribution in [3.05, 3.63) is 70.0 Å². The van der Waals surface area contributed by atoms with Gasteiger partial charge < -0.3 is 0 Å². The topological polar surface area (TPSA) is 73.1 Å². The number of carbonyl (C=O) groups is 1. The lowest BCUT2D eigenvalue weighted by atomic mass is 9.85. The van der Waals surface area contributed by atoms with E-state index in [1.807, 2.05) is 12.1 Å². The molecule has 0 saturated carbocycles. The zero-order valence-electron chi connectivity index (χ0n) is 10.7. The van der Waals surface area contributed by atoms with Gasteiger partial charge in [-0.05, 0) is 23.3 Å². The van der Waals surface area contributed by atoms with E-state index in [0.29, 0.717) is 16.3 Å². The van der Waals surface area contributed by atoms with Gasteiger partial charge in [-0.15, -0.1) is 0 Å². The monoisotopic (exact) mass is 276 g/mol. The molecule has 0 N–H and O–H groups in total. The fraction of sp³-hybridized carbons (Fsp3) is 0. The smallest absolute Gasteiger partial charge is 0.277 e. The third-order valence-electron chi connectivity index (χ3n) is 3.78. The van der Waals surface area contributed by atoms with Crippen LogP contribution in [-0.2, 0) is 0 Å². The molecule has 1 aliphatic carbocycles. The average Bonchev–Trinajstić information content (AvgIpc) is 2.51. The van der Waals surface area contributed by atoms with Crippen LogP contribution in [0, 0.1) is 10.1 Å². The van der Waals surface area contributed by atoms with Gasteiger partial charge >= 0.3 is 0 Å². The molecule has 5 heteroatoms. The zero-order valence-corrected chi connectivity index (χ0v) is 10.7. The van der Waals surface area contributed by atoms with Gasteiger partial charge in [-0.2, -0.15) is 0 Å². The molecule has 0 radical (unpaired) electrons. The van der Waals surface area contributed by atoms with Gasteiger partial charge in [0, 0.05) is 23.2 Å². The summed E-state index contributed by atoms with van der Waals surface area (Å²) in [6.07, 6.45) is 1.44. The van der Waals surface area contributed by atoms with Gasteiger partial charge in [0.25, 0.3) is 5.69 Å². The van der Waals surface area contributed by atoms with Crippen molar-refractivity contribution >= 4 is 22.2 Å². The Labute approximate surface area is 119 Å². The Morgan fingerprint density at radius 2 is 1.71 bits per heavy atom.